The van der Waals surface area contributed by atoms with Gasteiger partial charge in [-0.15, -0.1) is 0 Å². The molecule has 0 aliphatic heterocycles. The molecule has 0 spiro atoms. The highest BCUT2D eigenvalue weighted by molar-refractivity contribution is 5.09. The summed E-state index contributed by atoms with van der Waals surface area (Å²) in [7, 11) is 2.02. The fourth-order valence-corrected chi connectivity index (χ4v) is 1.41. The number of aliphatic hydroxyl groups is 1. The summed E-state index contributed by atoms with van der Waals surface area (Å²) in [6, 6.07) is 4.05. The first-order chi connectivity index (χ1) is 6.68. The van der Waals surface area contributed by atoms with Gasteiger partial charge < -0.3 is 10.0 Å². The van der Waals surface area contributed by atoms with Crippen molar-refractivity contribution in [2.45, 2.75) is 19.4 Å². The summed E-state index contributed by atoms with van der Waals surface area (Å²) in [5.41, 5.74) is 1.29. The van der Waals surface area contributed by atoms with E-state index in [0.29, 0.717) is 0 Å². The lowest BCUT2D eigenvalue weighted by molar-refractivity contribution is 0.142. The van der Waals surface area contributed by atoms with E-state index in [-0.39, 0.29) is 6.10 Å². The smallest absolute Gasteiger partial charge is 0.0638 e. The first-order valence-corrected chi connectivity index (χ1v) is 4.94. The van der Waals surface area contributed by atoms with Gasteiger partial charge in [0.05, 0.1) is 6.10 Å². The quantitative estimate of drug-likeness (QED) is 0.757. The molecule has 0 radical (unpaired) electrons. The lowest BCUT2D eigenvalue weighted by Crippen LogP contribution is -2.29. The lowest BCUT2D eigenvalue weighted by Gasteiger charge is -2.17. The molecule has 1 N–H and O–H groups in total. The second kappa shape index (κ2) is 5.73. The molecule has 1 aromatic heterocycles. The average molecular weight is 194 g/mol. The highest BCUT2D eigenvalue weighted by Gasteiger charge is 2.02. The number of nitrogens with zero attached hydrogens (tertiary/aromatic N) is 2. The maximum absolute atomic E-state index is 9.17. The van der Waals surface area contributed by atoms with Crippen LogP contribution in [0.25, 0.3) is 0 Å². The van der Waals surface area contributed by atoms with E-state index < -0.39 is 0 Å². The maximum atomic E-state index is 9.17. The molecule has 0 aliphatic rings. The molecular formula is C11H18N2O. The molecule has 1 rings (SSSR count). The van der Waals surface area contributed by atoms with Crippen LogP contribution in [-0.2, 0) is 6.42 Å². The van der Waals surface area contributed by atoms with Crippen molar-refractivity contribution in [2.24, 2.45) is 0 Å². The Morgan fingerprint density at radius 3 is 2.64 bits per heavy atom. The highest BCUT2D eigenvalue weighted by Crippen LogP contribution is 1.99. The van der Waals surface area contributed by atoms with Crippen LogP contribution in [0.4, 0.5) is 0 Å². The zero-order valence-corrected chi connectivity index (χ0v) is 8.85. The highest BCUT2D eigenvalue weighted by atomic mass is 16.3. The van der Waals surface area contributed by atoms with Crippen LogP contribution in [0, 0.1) is 0 Å². The van der Waals surface area contributed by atoms with Gasteiger partial charge in [-0.3, -0.25) is 4.98 Å². The summed E-state index contributed by atoms with van der Waals surface area (Å²) in [4.78, 5) is 6.10. The normalized spacial score (nSPS) is 13.1. The number of likely N-dealkylation sites (N-methyl/N-ethyl adjacent to an activating group) is 1. The molecule has 1 unspecified atom stereocenters. The Hall–Kier alpha value is -0.930. The Morgan fingerprint density at radius 2 is 2.07 bits per heavy atom. The lowest BCUT2D eigenvalue weighted by atomic mass is 10.2. The van der Waals surface area contributed by atoms with Crippen molar-refractivity contribution < 1.29 is 5.11 Å². The minimum Gasteiger partial charge on any atom is -0.392 e. The molecule has 0 bridgehead atoms. The predicted molar refractivity (Wildman–Crippen MR) is 57.1 cm³/mol. The number of pyridine rings is 1. The van der Waals surface area contributed by atoms with Crippen LogP contribution >= 0.6 is 0 Å². The molecule has 3 nitrogen and oxygen atoms in total. The predicted octanol–water partition coefficient (Wildman–Crippen LogP) is 0.937. The van der Waals surface area contributed by atoms with Gasteiger partial charge >= 0.3 is 0 Å². The molecule has 1 heterocycles. The summed E-state index contributed by atoms with van der Waals surface area (Å²) < 4.78 is 0. The second-order valence-electron chi connectivity index (χ2n) is 3.72. The molecular weight excluding hydrogens is 176 g/mol. The monoisotopic (exact) mass is 194 g/mol. The first-order valence-electron chi connectivity index (χ1n) is 4.94. The van der Waals surface area contributed by atoms with Gasteiger partial charge in [0, 0.05) is 25.5 Å². The van der Waals surface area contributed by atoms with Crippen LogP contribution in [0.5, 0.6) is 0 Å². The Labute approximate surface area is 85.4 Å². The summed E-state index contributed by atoms with van der Waals surface area (Å²) in [5, 5.41) is 9.17. The van der Waals surface area contributed by atoms with E-state index in [2.05, 4.69) is 9.88 Å². The van der Waals surface area contributed by atoms with Gasteiger partial charge in [0.2, 0.25) is 0 Å². The summed E-state index contributed by atoms with van der Waals surface area (Å²) >= 11 is 0. The topological polar surface area (TPSA) is 36.4 Å². The van der Waals surface area contributed by atoms with Gasteiger partial charge in [-0.05, 0) is 38.1 Å². The fraction of sp³-hybridized carbons (Fsp3) is 0.545. The van der Waals surface area contributed by atoms with Gasteiger partial charge in [-0.25, -0.2) is 0 Å². The molecule has 1 aromatic rings. The fourth-order valence-electron chi connectivity index (χ4n) is 1.41. The molecule has 0 fully saturated rings. The van der Waals surface area contributed by atoms with Crippen molar-refractivity contribution in [2.75, 3.05) is 20.1 Å². The van der Waals surface area contributed by atoms with E-state index in [4.69, 9.17) is 5.11 Å². The molecule has 0 aromatic carbocycles. The van der Waals surface area contributed by atoms with Crippen LogP contribution in [0.3, 0.4) is 0 Å². The van der Waals surface area contributed by atoms with Gasteiger partial charge in [-0.1, -0.05) is 0 Å². The van der Waals surface area contributed by atoms with Crippen molar-refractivity contribution in [1.29, 1.82) is 0 Å². The maximum Gasteiger partial charge on any atom is 0.0638 e. The van der Waals surface area contributed by atoms with E-state index >= 15 is 0 Å². The van der Waals surface area contributed by atoms with E-state index in [1.54, 1.807) is 0 Å². The Balaban J connectivity index is 2.27. The third-order valence-corrected chi connectivity index (χ3v) is 2.11. The third kappa shape index (κ3) is 4.35. The number of aromatic nitrogens is 1. The van der Waals surface area contributed by atoms with Crippen LogP contribution in [0.15, 0.2) is 24.5 Å². The van der Waals surface area contributed by atoms with Crippen LogP contribution in [0.2, 0.25) is 0 Å². The number of hydrogen-bond acceptors (Lipinski definition) is 3. The average Bonchev–Trinajstić information content (AvgIpc) is 2.15. The van der Waals surface area contributed by atoms with Crippen LogP contribution in [0.1, 0.15) is 12.5 Å². The van der Waals surface area contributed by atoms with Gasteiger partial charge in [0.25, 0.3) is 0 Å². The molecule has 3 heteroatoms. The molecule has 0 aliphatic carbocycles. The van der Waals surface area contributed by atoms with Crippen molar-refractivity contribution in [3.63, 3.8) is 0 Å². The SMILES string of the molecule is CC(O)CN(C)CCc1ccncc1. The van der Waals surface area contributed by atoms with Gasteiger partial charge in [0.15, 0.2) is 0 Å². The zero-order chi connectivity index (χ0) is 10.4. The molecule has 78 valence electrons. The zero-order valence-electron chi connectivity index (χ0n) is 8.85. The van der Waals surface area contributed by atoms with Crippen LogP contribution < -0.4 is 0 Å². The second-order valence-corrected chi connectivity index (χ2v) is 3.72. The summed E-state index contributed by atoms with van der Waals surface area (Å²) in [6.45, 7) is 3.50. The molecule has 1 atom stereocenters. The number of rotatable bonds is 5. The van der Waals surface area contributed by atoms with Crippen molar-refractivity contribution in [3.05, 3.63) is 30.1 Å². The number of aliphatic hydroxyl groups excluding tert-OH is 1. The molecule has 0 saturated heterocycles. The van der Waals surface area contributed by atoms with Gasteiger partial charge in [0.1, 0.15) is 0 Å². The van der Waals surface area contributed by atoms with E-state index in [1.807, 2.05) is 38.5 Å². The molecule has 14 heavy (non-hydrogen) atoms. The van der Waals surface area contributed by atoms with Crippen LogP contribution in [-0.4, -0.2) is 41.2 Å². The van der Waals surface area contributed by atoms with E-state index in [1.165, 1.54) is 5.56 Å². The van der Waals surface area contributed by atoms with Crippen molar-refractivity contribution in [1.82, 2.24) is 9.88 Å². The largest absolute Gasteiger partial charge is 0.392 e. The first kappa shape index (κ1) is 11.1. The Kier molecular flexibility index (Phi) is 4.56. The third-order valence-electron chi connectivity index (χ3n) is 2.11. The van der Waals surface area contributed by atoms with Crippen molar-refractivity contribution in [3.8, 4) is 0 Å². The van der Waals surface area contributed by atoms with Gasteiger partial charge in [-0.2, -0.15) is 0 Å². The van der Waals surface area contributed by atoms with Crippen molar-refractivity contribution >= 4 is 0 Å². The standard InChI is InChI=1S/C11H18N2O/c1-10(14)9-13(2)8-5-11-3-6-12-7-4-11/h3-4,6-7,10,14H,5,8-9H2,1-2H3. The molecule has 0 saturated carbocycles. The Morgan fingerprint density at radius 1 is 1.43 bits per heavy atom. The summed E-state index contributed by atoms with van der Waals surface area (Å²) in [5.74, 6) is 0. The minimum absolute atomic E-state index is 0.252. The van der Waals surface area contributed by atoms with E-state index in [0.717, 1.165) is 19.5 Å². The molecule has 0 amide bonds. The summed E-state index contributed by atoms with van der Waals surface area (Å²) in [6.07, 6.45) is 4.37. The Bertz CT molecular complexity index is 249. The minimum atomic E-state index is -0.252. The van der Waals surface area contributed by atoms with E-state index in [9.17, 15) is 0 Å². The number of hydrogen-bond donors (Lipinski definition) is 1.